The second-order valence-corrected chi connectivity index (χ2v) is 6.79. The molecule has 0 aliphatic carbocycles. The first-order valence-corrected chi connectivity index (χ1v) is 8.79. The number of hydrogen-bond donors (Lipinski definition) is 3. The molecular formula is C13H10Cl3N7S2. The molecule has 3 rings (SSSR count). The van der Waals surface area contributed by atoms with Gasteiger partial charge in [0.15, 0.2) is 11.6 Å². The van der Waals surface area contributed by atoms with Crippen molar-refractivity contribution in [2.45, 2.75) is 9.92 Å². The highest BCUT2D eigenvalue weighted by Crippen LogP contribution is 2.33. The molecule has 0 atom stereocenters. The van der Waals surface area contributed by atoms with E-state index in [1.807, 2.05) is 6.07 Å². The van der Waals surface area contributed by atoms with E-state index in [9.17, 15) is 0 Å². The molecule has 0 spiro atoms. The summed E-state index contributed by atoms with van der Waals surface area (Å²) >= 11 is 23.0. The largest absolute Gasteiger partial charge is 0.381 e. The molecule has 0 amide bonds. The molecule has 5 N–H and O–H groups in total. The van der Waals surface area contributed by atoms with Gasteiger partial charge in [-0.2, -0.15) is 0 Å². The number of pyridine rings is 1. The van der Waals surface area contributed by atoms with E-state index in [1.54, 1.807) is 12.3 Å². The number of H-pyrrole nitrogens is 1. The maximum Gasteiger partial charge on any atom is 0.160 e. The summed E-state index contributed by atoms with van der Waals surface area (Å²) in [5.41, 5.74) is 11.0. The Balaban J connectivity index is 0.000000212. The highest BCUT2D eigenvalue weighted by molar-refractivity contribution is 7.99. The van der Waals surface area contributed by atoms with Gasteiger partial charge in [-0.3, -0.25) is 0 Å². The molecule has 3 aromatic rings. The van der Waals surface area contributed by atoms with Crippen LogP contribution in [0.3, 0.4) is 0 Å². The monoisotopic (exact) mass is 433 g/mol. The molecular weight excluding hydrogens is 425 g/mol. The van der Waals surface area contributed by atoms with Crippen LogP contribution in [0.4, 0.5) is 11.6 Å². The van der Waals surface area contributed by atoms with Crippen LogP contribution < -0.4 is 11.5 Å². The predicted octanol–water partition coefficient (Wildman–Crippen LogP) is 4.29. The van der Waals surface area contributed by atoms with Crippen molar-refractivity contribution in [2.24, 2.45) is 0 Å². The Hall–Kier alpha value is -1.65. The maximum absolute atomic E-state index is 5.91. The number of aromatic nitrogens is 5. The summed E-state index contributed by atoms with van der Waals surface area (Å²) in [5.74, 6) is 0.537. The fraction of sp³-hybridized carbons (Fsp3) is 0. The molecule has 0 fully saturated rings. The van der Waals surface area contributed by atoms with Crippen LogP contribution in [0, 0.1) is 4.64 Å². The fourth-order valence-electron chi connectivity index (χ4n) is 1.40. The first-order valence-electron chi connectivity index (χ1n) is 6.44. The highest BCUT2D eigenvalue weighted by Gasteiger charge is 2.08. The van der Waals surface area contributed by atoms with E-state index >= 15 is 0 Å². The van der Waals surface area contributed by atoms with Gasteiger partial charge in [0.1, 0.15) is 25.1 Å². The normalized spacial score (nSPS) is 10.0. The Labute approximate surface area is 167 Å². The average Bonchev–Trinajstić information content (AvgIpc) is 2.56. The van der Waals surface area contributed by atoms with Crippen LogP contribution in [-0.2, 0) is 0 Å². The molecule has 0 radical (unpaired) electrons. The molecule has 3 aromatic heterocycles. The minimum Gasteiger partial charge on any atom is -0.381 e. The van der Waals surface area contributed by atoms with E-state index in [4.69, 9.17) is 58.5 Å². The third kappa shape index (κ3) is 5.98. The van der Waals surface area contributed by atoms with E-state index in [0.717, 1.165) is 4.90 Å². The van der Waals surface area contributed by atoms with Gasteiger partial charge in [0.25, 0.3) is 0 Å². The minimum atomic E-state index is 0.262. The zero-order chi connectivity index (χ0) is 18.4. The van der Waals surface area contributed by atoms with E-state index in [0.29, 0.717) is 20.0 Å². The number of nitrogens with one attached hydrogen (secondary N) is 1. The fourth-order valence-corrected chi connectivity index (χ4v) is 2.77. The molecule has 12 heteroatoms. The molecule has 0 bridgehead atoms. The molecule has 0 aromatic carbocycles. The number of halogens is 3. The number of nitrogens with two attached hydrogens (primary N) is 2. The lowest BCUT2D eigenvalue weighted by atomic mass is 10.5. The van der Waals surface area contributed by atoms with Gasteiger partial charge in [0.2, 0.25) is 0 Å². The first kappa shape index (κ1) is 19.7. The molecule has 0 unspecified atom stereocenters. The van der Waals surface area contributed by atoms with E-state index in [-0.39, 0.29) is 16.8 Å². The van der Waals surface area contributed by atoms with Crippen LogP contribution in [0.25, 0.3) is 0 Å². The second kappa shape index (κ2) is 9.16. The Bertz CT molecular complexity index is 935. The van der Waals surface area contributed by atoms with Gasteiger partial charge in [-0.1, -0.05) is 58.8 Å². The standard InChI is InChI=1S/C9H6Cl2N4S.C4H4ClN3S/c10-6-4-14-9(8(12)15-6)16-5-2-1-3-13-7(5)11;5-2-1-7-4(9)3(6)8-2/h1-4H,(H2,12,15);1H,(H2,6,8)(H,7,9). The van der Waals surface area contributed by atoms with Crippen LogP contribution in [0.15, 0.2) is 40.6 Å². The second-order valence-electron chi connectivity index (χ2n) is 4.22. The summed E-state index contributed by atoms with van der Waals surface area (Å²) in [4.78, 5) is 19.0. The lowest BCUT2D eigenvalue weighted by molar-refractivity contribution is 1.07. The Kier molecular flexibility index (Phi) is 7.21. The third-order valence-electron chi connectivity index (χ3n) is 2.45. The molecule has 0 aliphatic heterocycles. The van der Waals surface area contributed by atoms with Crippen molar-refractivity contribution in [3.05, 3.63) is 50.8 Å². The number of aromatic amines is 1. The maximum atomic E-state index is 5.91. The van der Waals surface area contributed by atoms with Crippen molar-refractivity contribution in [3.63, 3.8) is 0 Å². The van der Waals surface area contributed by atoms with Crippen molar-refractivity contribution >= 4 is 70.4 Å². The SMILES string of the molecule is Nc1nc(Cl)c[nH]c1=S.Nc1nc(Cl)cnc1Sc1cccnc1Cl. The van der Waals surface area contributed by atoms with Gasteiger partial charge < -0.3 is 16.5 Å². The summed E-state index contributed by atoms with van der Waals surface area (Å²) in [5, 5.41) is 1.54. The van der Waals surface area contributed by atoms with Crippen molar-refractivity contribution in [3.8, 4) is 0 Å². The van der Waals surface area contributed by atoms with Gasteiger partial charge in [-0.15, -0.1) is 0 Å². The zero-order valence-electron chi connectivity index (χ0n) is 12.3. The molecule has 3 heterocycles. The average molecular weight is 435 g/mol. The third-order valence-corrected chi connectivity index (χ3v) is 4.62. The van der Waals surface area contributed by atoms with Gasteiger partial charge in [-0.25, -0.2) is 19.9 Å². The Morgan fingerprint density at radius 3 is 2.36 bits per heavy atom. The number of hydrogen-bond acceptors (Lipinski definition) is 8. The van der Waals surface area contributed by atoms with Crippen molar-refractivity contribution in [2.75, 3.05) is 11.5 Å². The molecule has 25 heavy (non-hydrogen) atoms. The molecule has 0 saturated carbocycles. The van der Waals surface area contributed by atoms with Crippen LogP contribution in [0.5, 0.6) is 0 Å². The molecule has 7 nitrogen and oxygen atoms in total. The number of nitrogens with zero attached hydrogens (tertiary/aromatic N) is 4. The van der Waals surface area contributed by atoms with E-state index < -0.39 is 0 Å². The molecule has 0 aliphatic rings. The van der Waals surface area contributed by atoms with E-state index in [2.05, 4.69) is 24.9 Å². The van der Waals surface area contributed by atoms with E-state index in [1.165, 1.54) is 24.2 Å². The van der Waals surface area contributed by atoms with Crippen molar-refractivity contribution < 1.29 is 0 Å². The predicted molar refractivity (Wildman–Crippen MR) is 104 cm³/mol. The van der Waals surface area contributed by atoms with Crippen molar-refractivity contribution in [1.82, 2.24) is 24.9 Å². The zero-order valence-corrected chi connectivity index (χ0v) is 16.2. The lowest BCUT2D eigenvalue weighted by Crippen LogP contribution is -1.96. The minimum absolute atomic E-state index is 0.262. The van der Waals surface area contributed by atoms with Gasteiger partial charge in [0, 0.05) is 12.4 Å². The van der Waals surface area contributed by atoms with Gasteiger partial charge in [-0.05, 0) is 12.1 Å². The van der Waals surface area contributed by atoms with Gasteiger partial charge in [0.05, 0.1) is 11.1 Å². The van der Waals surface area contributed by atoms with Crippen LogP contribution >= 0.6 is 58.8 Å². The smallest absolute Gasteiger partial charge is 0.160 e. The van der Waals surface area contributed by atoms with Crippen molar-refractivity contribution in [1.29, 1.82) is 0 Å². The number of anilines is 2. The summed E-state index contributed by atoms with van der Waals surface area (Å²) in [6, 6.07) is 3.61. The van der Waals surface area contributed by atoms with Gasteiger partial charge >= 0.3 is 0 Å². The Morgan fingerprint density at radius 1 is 1.04 bits per heavy atom. The topological polar surface area (TPSA) is 119 Å². The van der Waals surface area contributed by atoms with Crippen LogP contribution in [0.2, 0.25) is 15.5 Å². The van der Waals surface area contributed by atoms with Crippen LogP contribution in [0.1, 0.15) is 0 Å². The number of rotatable bonds is 2. The molecule has 0 saturated heterocycles. The lowest BCUT2D eigenvalue weighted by Gasteiger charge is -2.04. The summed E-state index contributed by atoms with van der Waals surface area (Å²) in [6.45, 7) is 0. The van der Waals surface area contributed by atoms with Crippen LogP contribution in [-0.4, -0.2) is 24.9 Å². The quantitative estimate of drug-likeness (QED) is 0.403. The highest BCUT2D eigenvalue weighted by atomic mass is 35.5. The summed E-state index contributed by atoms with van der Waals surface area (Å²) < 4.78 is 0.416. The number of nitrogen functional groups attached to an aromatic ring is 2. The Morgan fingerprint density at radius 2 is 1.76 bits per heavy atom. The summed E-state index contributed by atoms with van der Waals surface area (Å²) in [6.07, 6.45) is 4.54. The summed E-state index contributed by atoms with van der Waals surface area (Å²) in [7, 11) is 0. The first-order chi connectivity index (χ1) is 11.9. The molecule has 130 valence electrons.